The molecule has 0 atom stereocenters. The Morgan fingerprint density at radius 1 is 1.37 bits per heavy atom. The monoisotopic (exact) mass is 390 g/mol. The third kappa shape index (κ3) is 4.19. The lowest BCUT2D eigenvalue weighted by Crippen LogP contribution is -2.32. The molecule has 0 spiro atoms. The molecule has 0 bridgehead atoms. The number of hydrazone groups is 1. The van der Waals surface area contributed by atoms with Gasteiger partial charge >= 0.3 is 0 Å². The average Bonchev–Trinajstić information content (AvgIpc) is 2.41. The first-order valence-corrected chi connectivity index (χ1v) is 7.78. The molecule has 0 N–H and O–H groups in total. The van der Waals surface area contributed by atoms with Crippen LogP contribution in [0.2, 0.25) is 0 Å². The van der Waals surface area contributed by atoms with E-state index >= 15 is 0 Å². The topological polar surface area (TPSA) is 34.1 Å². The standard InChI is InChI=1S/C13H16Br2N2O2/c1-2-19-13-10(7-11(14)8-12(13)15)9-16-17-3-5-18-6-4-17/h7-9H,2-6H2,1H3/b16-9-. The van der Waals surface area contributed by atoms with Crippen molar-refractivity contribution in [3.8, 4) is 5.75 Å². The van der Waals surface area contributed by atoms with E-state index in [0.717, 1.165) is 46.6 Å². The van der Waals surface area contributed by atoms with Crippen LogP contribution in [0.5, 0.6) is 5.75 Å². The molecular weight excluding hydrogens is 376 g/mol. The number of rotatable bonds is 4. The van der Waals surface area contributed by atoms with Crippen LogP contribution in [0.4, 0.5) is 0 Å². The Morgan fingerprint density at radius 2 is 2.11 bits per heavy atom. The summed E-state index contributed by atoms with van der Waals surface area (Å²) < 4.78 is 12.9. The predicted octanol–water partition coefficient (Wildman–Crippen LogP) is 3.28. The minimum atomic E-state index is 0.624. The lowest BCUT2D eigenvalue weighted by Gasteiger charge is -2.23. The van der Waals surface area contributed by atoms with Gasteiger partial charge in [-0.25, -0.2) is 0 Å². The van der Waals surface area contributed by atoms with E-state index in [1.165, 1.54) is 0 Å². The molecule has 1 saturated heterocycles. The van der Waals surface area contributed by atoms with Gasteiger partial charge in [0.2, 0.25) is 0 Å². The first-order valence-electron chi connectivity index (χ1n) is 6.19. The zero-order valence-corrected chi connectivity index (χ0v) is 13.9. The minimum absolute atomic E-state index is 0.624. The summed E-state index contributed by atoms with van der Waals surface area (Å²) in [6.45, 7) is 5.72. The number of morpholine rings is 1. The van der Waals surface area contributed by atoms with Gasteiger partial charge in [0.05, 0.1) is 43.6 Å². The van der Waals surface area contributed by atoms with Crippen LogP contribution in [0.3, 0.4) is 0 Å². The van der Waals surface area contributed by atoms with Crippen molar-refractivity contribution in [2.24, 2.45) is 5.10 Å². The van der Waals surface area contributed by atoms with Gasteiger partial charge in [0.25, 0.3) is 0 Å². The Hall–Kier alpha value is -0.590. The highest BCUT2D eigenvalue weighted by Crippen LogP contribution is 2.32. The molecule has 1 aliphatic heterocycles. The first-order chi connectivity index (χ1) is 9.20. The van der Waals surface area contributed by atoms with E-state index < -0.39 is 0 Å². The van der Waals surface area contributed by atoms with E-state index in [4.69, 9.17) is 9.47 Å². The molecule has 1 fully saturated rings. The van der Waals surface area contributed by atoms with Gasteiger partial charge < -0.3 is 9.47 Å². The van der Waals surface area contributed by atoms with Crippen molar-refractivity contribution in [1.82, 2.24) is 5.01 Å². The molecular formula is C13H16Br2N2O2. The van der Waals surface area contributed by atoms with Gasteiger partial charge in [-0.1, -0.05) is 15.9 Å². The fourth-order valence-electron chi connectivity index (χ4n) is 1.79. The van der Waals surface area contributed by atoms with Gasteiger partial charge in [-0.05, 0) is 35.0 Å². The minimum Gasteiger partial charge on any atom is -0.492 e. The summed E-state index contributed by atoms with van der Waals surface area (Å²) in [5.74, 6) is 0.822. The van der Waals surface area contributed by atoms with Crippen LogP contribution in [-0.4, -0.2) is 44.1 Å². The van der Waals surface area contributed by atoms with Crippen LogP contribution < -0.4 is 4.74 Å². The molecule has 1 heterocycles. The average molecular weight is 392 g/mol. The van der Waals surface area contributed by atoms with Crippen LogP contribution in [0.15, 0.2) is 26.2 Å². The number of halogens is 2. The van der Waals surface area contributed by atoms with Gasteiger partial charge in [-0.15, -0.1) is 0 Å². The summed E-state index contributed by atoms with van der Waals surface area (Å²) in [5, 5.41) is 6.49. The summed E-state index contributed by atoms with van der Waals surface area (Å²) in [4.78, 5) is 0. The van der Waals surface area contributed by atoms with E-state index in [9.17, 15) is 0 Å². The number of hydrogen-bond donors (Lipinski definition) is 0. The van der Waals surface area contributed by atoms with Crippen LogP contribution in [-0.2, 0) is 4.74 Å². The quantitative estimate of drug-likeness (QED) is 0.738. The highest BCUT2D eigenvalue weighted by Gasteiger charge is 2.10. The number of ether oxygens (including phenoxy) is 2. The Labute approximate surface area is 130 Å². The summed E-state index contributed by atoms with van der Waals surface area (Å²) in [6.07, 6.45) is 1.84. The molecule has 1 aromatic carbocycles. The highest BCUT2D eigenvalue weighted by atomic mass is 79.9. The second kappa shape index (κ2) is 7.26. The van der Waals surface area contributed by atoms with E-state index in [1.54, 1.807) is 0 Å². The van der Waals surface area contributed by atoms with E-state index in [-0.39, 0.29) is 0 Å². The summed E-state index contributed by atoms with van der Waals surface area (Å²) in [6, 6.07) is 3.97. The van der Waals surface area contributed by atoms with Gasteiger partial charge in [0, 0.05) is 10.0 Å². The second-order valence-corrected chi connectivity index (χ2v) is 5.82. The van der Waals surface area contributed by atoms with Crippen LogP contribution in [0, 0.1) is 0 Å². The summed E-state index contributed by atoms with van der Waals surface area (Å²) in [5.41, 5.74) is 0.953. The maximum Gasteiger partial charge on any atom is 0.142 e. The molecule has 0 amide bonds. The Morgan fingerprint density at radius 3 is 2.79 bits per heavy atom. The van der Waals surface area contributed by atoms with E-state index in [2.05, 4.69) is 37.0 Å². The molecule has 1 aromatic rings. The summed E-state index contributed by atoms with van der Waals surface area (Å²) in [7, 11) is 0. The number of benzene rings is 1. The molecule has 0 unspecified atom stereocenters. The lowest BCUT2D eigenvalue weighted by atomic mass is 10.2. The fourth-order valence-corrected chi connectivity index (χ4v) is 3.16. The van der Waals surface area contributed by atoms with Crippen molar-refractivity contribution >= 4 is 38.1 Å². The summed E-state index contributed by atoms with van der Waals surface area (Å²) >= 11 is 7.00. The zero-order chi connectivity index (χ0) is 13.7. The number of hydrogen-bond acceptors (Lipinski definition) is 4. The normalized spacial score (nSPS) is 16.1. The Bertz CT molecular complexity index is 460. The smallest absolute Gasteiger partial charge is 0.142 e. The van der Waals surface area contributed by atoms with Crippen LogP contribution in [0.25, 0.3) is 0 Å². The fraction of sp³-hybridized carbons (Fsp3) is 0.462. The van der Waals surface area contributed by atoms with Gasteiger partial charge in [0.1, 0.15) is 5.75 Å². The van der Waals surface area contributed by atoms with Crippen molar-refractivity contribution in [3.63, 3.8) is 0 Å². The molecule has 0 aromatic heterocycles. The van der Waals surface area contributed by atoms with E-state index in [0.29, 0.717) is 6.61 Å². The second-order valence-electron chi connectivity index (χ2n) is 4.05. The number of nitrogens with zero attached hydrogens (tertiary/aromatic N) is 2. The molecule has 6 heteroatoms. The predicted molar refractivity (Wildman–Crippen MR) is 83.0 cm³/mol. The Balaban J connectivity index is 2.19. The van der Waals surface area contributed by atoms with Crippen molar-refractivity contribution in [1.29, 1.82) is 0 Å². The van der Waals surface area contributed by atoms with Gasteiger partial charge in [-0.3, -0.25) is 5.01 Å². The third-order valence-corrected chi connectivity index (χ3v) is 3.72. The highest BCUT2D eigenvalue weighted by molar-refractivity contribution is 9.11. The maximum atomic E-state index is 5.66. The van der Waals surface area contributed by atoms with Crippen molar-refractivity contribution in [2.75, 3.05) is 32.9 Å². The molecule has 19 heavy (non-hydrogen) atoms. The molecule has 0 aliphatic carbocycles. The molecule has 0 saturated carbocycles. The zero-order valence-electron chi connectivity index (χ0n) is 10.7. The van der Waals surface area contributed by atoms with Crippen LogP contribution in [0.1, 0.15) is 12.5 Å². The van der Waals surface area contributed by atoms with Gasteiger partial charge in [0.15, 0.2) is 0 Å². The molecule has 104 valence electrons. The molecule has 2 rings (SSSR count). The SMILES string of the molecule is CCOc1c(Br)cc(Br)cc1/C=N\N1CCOCC1. The lowest BCUT2D eigenvalue weighted by molar-refractivity contribution is 0.0397. The van der Waals surface area contributed by atoms with Gasteiger partial charge in [-0.2, -0.15) is 5.10 Å². The third-order valence-electron chi connectivity index (χ3n) is 2.67. The van der Waals surface area contributed by atoms with Crippen LogP contribution >= 0.6 is 31.9 Å². The molecule has 1 aliphatic rings. The first kappa shape index (κ1) is 14.8. The van der Waals surface area contributed by atoms with Crippen molar-refractivity contribution < 1.29 is 9.47 Å². The van der Waals surface area contributed by atoms with Crippen molar-refractivity contribution in [2.45, 2.75) is 6.92 Å². The largest absolute Gasteiger partial charge is 0.492 e. The Kier molecular flexibility index (Phi) is 5.66. The molecule has 4 nitrogen and oxygen atoms in total. The van der Waals surface area contributed by atoms with Crippen molar-refractivity contribution in [3.05, 3.63) is 26.6 Å². The maximum absolute atomic E-state index is 5.66. The molecule has 0 radical (unpaired) electrons. The van der Waals surface area contributed by atoms with E-state index in [1.807, 2.05) is 30.3 Å².